The van der Waals surface area contributed by atoms with Crippen molar-refractivity contribution in [2.45, 2.75) is 31.3 Å². The monoisotopic (exact) mass is 220 g/mol. The Morgan fingerprint density at radius 1 is 1.38 bits per heavy atom. The van der Waals surface area contributed by atoms with E-state index in [1.165, 1.54) is 5.56 Å². The highest BCUT2D eigenvalue weighted by molar-refractivity contribution is 5.81. The number of benzene rings is 1. The first-order valence-electron chi connectivity index (χ1n) is 5.47. The molecule has 0 bridgehead atoms. The van der Waals surface area contributed by atoms with Gasteiger partial charge in [-0.2, -0.15) is 5.48 Å². The van der Waals surface area contributed by atoms with Gasteiger partial charge in [0.25, 0.3) is 0 Å². The average Bonchev–Trinajstić information content (AvgIpc) is 2.75. The van der Waals surface area contributed by atoms with E-state index in [-0.39, 0.29) is 0 Å². The Morgan fingerprint density at radius 2 is 2.06 bits per heavy atom. The largest absolute Gasteiger partial charge is 0.315 e. The number of nitrogens with one attached hydrogen (secondary N) is 1. The number of Topliss-reactive ketones (excluding diaryl/α,β-unsaturated/α-hetero) is 1. The molecule has 1 saturated carbocycles. The molecule has 4 nitrogen and oxygen atoms in total. The maximum Gasteiger partial charge on any atom is 0.133 e. The number of carbonyl (C=O) groups is 1. The van der Waals surface area contributed by atoms with E-state index >= 15 is 0 Å². The fourth-order valence-corrected chi connectivity index (χ4v) is 2.15. The van der Waals surface area contributed by atoms with E-state index in [1.807, 2.05) is 29.7 Å². The van der Waals surface area contributed by atoms with Crippen LogP contribution in [0.25, 0.3) is 0 Å². The second kappa shape index (κ2) is 4.74. The second-order valence-corrected chi connectivity index (χ2v) is 4.25. The number of carbonyl (C=O) groups excluding carboxylic acids is 1. The van der Waals surface area contributed by atoms with Crippen molar-refractivity contribution in [3.05, 3.63) is 35.4 Å². The smallest absolute Gasteiger partial charge is 0.133 e. The van der Waals surface area contributed by atoms with Gasteiger partial charge in [0.1, 0.15) is 11.9 Å². The van der Waals surface area contributed by atoms with Crippen LogP contribution in [-0.4, -0.2) is 11.0 Å². The zero-order chi connectivity index (χ0) is 11.5. The van der Waals surface area contributed by atoms with Crippen LogP contribution in [0.3, 0.4) is 0 Å². The number of hydroxylamine groups is 1. The van der Waals surface area contributed by atoms with Crippen LogP contribution in [0.4, 0.5) is 0 Å². The van der Waals surface area contributed by atoms with Crippen molar-refractivity contribution in [3.63, 3.8) is 0 Å². The second-order valence-electron chi connectivity index (χ2n) is 4.25. The van der Waals surface area contributed by atoms with E-state index < -0.39 is 6.17 Å². The van der Waals surface area contributed by atoms with Crippen molar-refractivity contribution >= 4 is 5.78 Å². The quantitative estimate of drug-likeness (QED) is 0.532. The molecule has 16 heavy (non-hydrogen) atoms. The van der Waals surface area contributed by atoms with Crippen LogP contribution in [0.2, 0.25) is 0 Å². The summed E-state index contributed by atoms with van der Waals surface area (Å²) in [4.78, 5) is 11.2. The summed E-state index contributed by atoms with van der Waals surface area (Å²) in [6, 6.07) is 7.73. The SMILES string of the molecule is NC(NO)c1ccc(C2CCC(=O)C2)cc1. The molecule has 1 aliphatic carbocycles. The molecule has 1 fully saturated rings. The summed E-state index contributed by atoms with van der Waals surface area (Å²) in [5, 5.41) is 8.68. The maximum absolute atomic E-state index is 11.2. The molecule has 86 valence electrons. The Balaban J connectivity index is 2.10. The van der Waals surface area contributed by atoms with Gasteiger partial charge in [0, 0.05) is 12.8 Å². The fourth-order valence-electron chi connectivity index (χ4n) is 2.15. The number of hydrogen-bond acceptors (Lipinski definition) is 4. The Labute approximate surface area is 94.4 Å². The lowest BCUT2D eigenvalue weighted by atomic mass is 9.96. The molecule has 4 N–H and O–H groups in total. The van der Waals surface area contributed by atoms with Crippen LogP contribution < -0.4 is 11.2 Å². The Morgan fingerprint density at radius 3 is 2.56 bits per heavy atom. The highest BCUT2D eigenvalue weighted by Crippen LogP contribution is 2.32. The molecular formula is C12H16N2O2. The first-order valence-corrected chi connectivity index (χ1v) is 5.47. The van der Waals surface area contributed by atoms with Gasteiger partial charge in [-0.25, -0.2) is 0 Å². The number of rotatable bonds is 3. The van der Waals surface area contributed by atoms with Gasteiger partial charge in [-0.15, -0.1) is 0 Å². The minimum Gasteiger partial charge on any atom is -0.315 e. The van der Waals surface area contributed by atoms with E-state index in [4.69, 9.17) is 10.9 Å². The van der Waals surface area contributed by atoms with Crippen LogP contribution in [-0.2, 0) is 4.79 Å². The van der Waals surface area contributed by atoms with E-state index in [0.717, 1.165) is 12.0 Å². The maximum atomic E-state index is 11.2. The summed E-state index contributed by atoms with van der Waals surface area (Å²) >= 11 is 0. The Hall–Kier alpha value is -1.23. The zero-order valence-corrected chi connectivity index (χ0v) is 9.02. The normalized spacial score (nSPS) is 22.4. The summed E-state index contributed by atoms with van der Waals surface area (Å²) < 4.78 is 0. The van der Waals surface area contributed by atoms with Gasteiger partial charge in [0.05, 0.1) is 0 Å². The number of hydrogen-bond donors (Lipinski definition) is 3. The minimum absolute atomic E-state index is 0.350. The van der Waals surface area contributed by atoms with Crippen molar-refractivity contribution in [3.8, 4) is 0 Å². The molecule has 0 spiro atoms. The van der Waals surface area contributed by atoms with Gasteiger partial charge in [-0.05, 0) is 23.5 Å². The lowest BCUT2D eigenvalue weighted by Gasteiger charge is -2.12. The molecule has 2 atom stereocenters. The predicted octanol–water partition coefficient (Wildman–Crippen LogP) is 1.46. The van der Waals surface area contributed by atoms with Crippen molar-refractivity contribution in [2.24, 2.45) is 5.73 Å². The molecule has 0 amide bonds. The first kappa shape index (κ1) is 11.3. The van der Waals surface area contributed by atoms with Crippen molar-refractivity contribution < 1.29 is 10.0 Å². The molecule has 2 rings (SSSR count). The molecule has 4 heteroatoms. The molecule has 2 unspecified atom stereocenters. The van der Waals surface area contributed by atoms with E-state index in [9.17, 15) is 4.79 Å². The molecule has 0 heterocycles. The molecule has 0 aliphatic heterocycles. The Bertz CT molecular complexity index is 375. The van der Waals surface area contributed by atoms with Crippen molar-refractivity contribution in [1.82, 2.24) is 5.48 Å². The number of ketones is 1. The lowest BCUT2D eigenvalue weighted by Crippen LogP contribution is -2.25. The first-order chi connectivity index (χ1) is 7.70. The molecule has 1 aromatic rings. The third-order valence-corrected chi connectivity index (χ3v) is 3.15. The third-order valence-electron chi connectivity index (χ3n) is 3.15. The third kappa shape index (κ3) is 2.29. The van der Waals surface area contributed by atoms with E-state index in [2.05, 4.69) is 0 Å². The standard InChI is InChI=1S/C12H16N2O2/c13-12(14-16)9-3-1-8(2-4-9)10-5-6-11(15)7-10/h1-4,10,12,14,16H,5-7,13H2. The molecule has 1 aliphatic rings. The van der Waals surface area contributed by atoms with Crippen LogP contribution in [0.15, 0.2) is 24.3 Å². The molecule has 0 radical (unpaired) electrons. The van der Waals surface area contributed by atoms with Gasteiger partial charge >= 0.3 is 0 Å². The van der Waals surface area contributed by atoms with Crippen LogP contribution in [0.5, 0.6) is 0 Å². The van der Waals surface area contributed by atoms with E-state index in [1.54, 1.807) is 0 Å². The van der Waals surface area contributed by atoms with E-state index in [0.29, 0.717) is 24.5 Å². The zero-order valence-electron chi connectivity index (χ0n) is 9.02. The van der Waals surface area contributed by atoms with Gasteiger partial charge in [0.15, 0.2) is 0 Å². The van der Waals surface area contributed by atoms with Crippen LogP contribution in [0, 0.1) is 0 Å². The van der Waals surface area contributed by atoms with Gasteiger partial charge < -0.3 is 10.9 Å². The molecule has 0 aromatic heterocycles. The summed E-state index contributed by atoms with van der Waals surface area (Å²) in [5.41, 5.74) is 9.62. The highest BCUT2D eigenvalue weighted by Gasteiger charge is 2.23. The predicted molar refractivity (Wildman–Crippen MR) is 59.9 cm³/mol. The Kier molecular flexibility index (Phi) is 3.33. The highest BCUT2D eigenvalue weighted by atomic mass is 16.5. The number of nitrogens with two attached hydrogens (primary N) is 1. The summed E-state index contributed by atoms with van der Waals surface area (Å²) in [5.74, 6) is 0.711. The summed E-state index contributed by atoms with van der Waals surface area (Å²) in [6.07, 6.45) is 1.75. The summed E-state index contributed by atoms with van der Waals surface area (Å²) in [7, 11) is 0. The van der Waals surface area contributed by atoms with Gasteiger partial charge in [-0.1, -0.05) is 24.3 Å². The van der Waals surface area contributed by atoms with Crippen LogP contribution >= 0.6 is 0 Å². The average molecular weight is 220 g/mol. The van der Waals surface area contributed by atoms with Crippen molar-refractivity contribution in [1.29, 1.82) is 0 Å². The van der Waals surface area contributed by atoms with Gasteiger partial charge in [0.2, 0.25) is 0 Å². The molecular weight excluding hydrogens is 204 g/mol. The van der Waals surface area contributed by atoms with Crippen LogP contribution in [0.1, 0.15) is 42.5 Å². The lowest BCUT2D eigenvalue weighted by molar-refractivity contribution is -0.117. The molecule has 0 saturated heterocycles. The topological polar surface area (TPSA) is 75.3 Å². The fraction of sp³-hybridized carbons (Fsp3) is 0.417. The molecule has 1 aromatic carbocycles. The van der Waals surface area contributed by atoms with Gasteiger partial charge in [-0.3, -0.25) is 4.79 Å². The minimum atomic E-state index is -0.556. The summed E-state index contributed by atoms with van der Waals surface area (Å²) in [6.45, 7) is 0. The van der Waals surface area contributed by atoms with Crippen molar-refractivity contribution in [2.75, 3.05) is 0 Å².